The molecule has 0 radical (unpaired) electrons. The van der Waals surface area contributed by atoms with E-state index in [2.05, 4.69) is 0 Å². The Morgan fingerprint density at radius 3 is 2.76 bits per heavy atom. The van der Waals surface area contributed by atoms with Crippen LogP contribution in [-0.2, 0) is 14.3 Å². The molecule has 0 aromatic heterocycles. The Morgan fingerprint density at radius 1 is 1.41 bits per heavy atom. The second-order valence-corrected chi connectivity index (χ2v) is 3.99. The largest absolute Gasteiger partial charge is 0.466 e. The Bertz CT molecular complexity index is 416. The number of nitrogens with zero attached hydrogens (tertiary/aromatic N) is 1. The zero-order chi connectivity index (χ0) is 12.3. The highest BCUT2D eigenvalue weighted by Crippen LogP contribution is 2.25. The van der Waals surface area contributed by atoms with Gasteiger partial charge < -0.3 is 9.64 Å². The zero-order valence-electron chi connectivity index (χ0n) is 9.76. The van der Waals surface area contributed by atoms with Crippen LogP contribution >= 0.6 is 0 Å². The fraction of sp³-hybridized carbons (Fsp3) is 0.385. The summed E-state index contributed by atoms with van der Waals surface area (Å²) in [6.45, 7) is 2.54. The number of rotatable bonds is 3. The van der Waals surface area contributed by atoms with Gasteiger partial charge in [0.25, 0.3) is 0 Å². The number of esters is 1. The molecule has 17 heavy (non-hydrogen) atoms. The lowest BCUT2D eigenvalue weighted by molar-refractivity contribution is -0.147. The molecular weight excluding hydrogens is 218 g/mol. The average molecular weight is 233 g/mol. The Labute approximate surface area is 100 Å². The summed E-state index contributed by atoms with van der Waals surface area (Å²) in [6, 6.07) is 9.38. The second-order valence-electron chi connectivity index (χ2n) is 3.99. The highest BCUT2D eigenvalue weighted by Gasteiger charge is 2.35. The van der Waals surface area contributed by atoms with Gasteiger partial charge in [-0.2, -0.15) is 0 Å². The van der Waals surface area contributed by atoms with Gasteiger partial charge >= 0.3 is 5.97 Å². The summed E-state index contributed by atoms with van der Waals surface area (Å²) in [5, 5.41) is 0. The molecule has 1 aromatic rings. The molecule has 1 aliphatic heterocycles. The van der Waals surface area contributed by atoms with E-state index in [1.807, 2.05) is 30.3 Å². The molecule has 1 aromatic carbocycles. The molecule has 1 fully saturated rings. The molecule has 1 aliphatic rings. The number of anilines is 1. The number of amides is 1. The van der Waals surface area contributed by atoms with Crippen molar-refractivity contribution in [3.05, 3.63) is 30.3 Å². The first-order chi connectivity index (χ1) is 8.22. The molecule has 1 atom stereocenters. The SMILES string of the molecule is CCOC(=O)[C@H]1CC(=O)N(c2ccccc2)C1. The first kappa shape index (κ1) is 11.6. The number of para-hydroxylation sites is 1. The van der Waals surface area contributed by atoms with Crippen molar-refractivity contribution < 1.29 is 14.3 Å². The van der Waals surface area contributed by atoms with Crippen LogP contribution in [0.3, 0.4) is 0 Å². The van der Waals surface area contributed by atoms with Crippen molar-refractivity contribution in [2.75, 3.05) is 18.1 Å². The summed E-state index contributed by atoms with van der Waals surface area (Å²) in [4.78, 5) is 25.0. The van der Waals surface area contributed by atoms with Crippen LogP contribution in [0.25, 0.3) is 0 Å². The summed E-state index contributed by atoms with van der Waals surface area (Å²) in [7, 11) is 0. The Morgan fingerprint density at radius 2 is 2.12 bits per heavy atom. The van der Waals surface area contributed by atoms with E-state index in [4.69, 9.17) is 4.74 Å². The number of hydrogen-bond acceptors (Lipinski definition) is 3. The van der Waals surface area contributed by atoms with Crippen molar-refractivity contribution in [3.63, 3.8) is 0 Å². The van der Waals surface area contributed by atoms with Crippen molar-refractivity contribution in [1.82, 2.24) is 0 Å². The van der Waals surface area contributed by atoms with Gasteiger partial charge in [0.1, 0.15) is 0 Å². The van der Waals surface area contributed by atoms with Crippen LogP contribution in [0.15, 0.2) is 30.3 Å². The molecule has 0 N–H and O–H groups in total. The van der Waals surface area contributed by atoms with Gasteiger partial charge in [0.2, 0.25) is 5.91 Å². The molecular formula is C13H15NO3. The van der Waals surface area contributed by atoms with Crippen LogP contribution in [0.5, 0.6) is 0 Å². The second kappa shape index (κ2) is 4.99. The standard InChI is InChI=1S/C13H15NO3/c1-2-17-13(16)10-8-12(15)14(9-10)11-6-4-3-5-7-11/h3-7,10H,2,8-9H2,1H3/t10-/m0/s1. The monoisotopic (exact) mass is 233 g/mol. The zero-order valence-corrected chi connectivity index (χ0v) is 9.76. The Kier molecular flexibility index (Phi) is 3.42. The maximum atomic E-state index is 11.8. The summed E-state index contributed by atoms with van der Waals surface area (Å²) < 4.78 is 4.94. The van der Waals surface area contributed by atoms with E-state index in [0.717, 1.165) is 5.69 Å². The fourth-order valence-electron chi connectivity index (χ4n) is 1.98. The minimum Gasteiger partial charge on any atom is -0.466 e. The molecule has 0 bridgehead atoms. The summed E-state index contributed by atoms with van der Waals surface area (Å²) in [5.74, 6) is -0.629. The molecule has 1 saturated heterocycles. The lowest BCUT2D eigenvalue weighted by atomic mass is 10.1. The van der Waals surface area contributed by atoms with Crippen LogP contribution in [0, 0.1) is 5.92 Å². The van der Waals surface area contributed by atoms with Gasteiger partial charge in [-0.1, -0.05) is 18.2 Å². The van der Waals surface area contributed by atoms with Crippen molar-refractivity contribution in [1.29, 1.82) is 0 Å². The van der Waals surface area contributed by atoms with Crippen molar-refractivity contribution >= 4 is 17.6 Å². The van der Waals surface area contributed by atoms with Gasteiger partial charge in [-0.05, 0) is 19.1 Å². The normalized spacial score (nSPS) is 19.5. The number of ether oxygens (including phenoxy) is 1. The van der Waals surface area contributed by atoms with E-state index in [-0.39, 0.29) is 24.2 Å². The van der Waals surface area contributed by atoms with Crippen molar-refractivity contribution in [2.24, 2.45) is 5.92 Å². The summed E-state index contributed by atoms with van der Waals surface area (Å²) in [6.07, 6.45) is 0.244. The van der Waals surface area contributed by atoms with Gasteiger partial charge in [-0.3, -0.25) is 9.59 Å². The molecule has 0 aliphatic carbocycles. The van der Waals surface area contributed by atoms with E-state index >= 15 is 0 Å². The molecule has 0 spiro atoms. The third-order valence-electron chi connectivity index (χ3n) is 2.81. The number of benzene rings is 1. The molecule has 1 amide bonds. The molecule has 90 valence electrons. The summed E-state index contributed by atoms with van der Waals surface area (Å²) in [5.41, 5.74) is 0.837. The molecule has 2 rings (SSSR count). The lowest BCUT2D eigenvalue weighted by Crippen LogP contribution is -2.26. The van der Waals surface area contributed by atoms with Crippen LogP contribution in [-0.4, -0.2) is 25.0 Å². The van der Waals surface area contributed by atoms with Crippen molar-refractivity contribution in [3.8, 4) is 0 Å². The van der Waals surface area contributed by atoms with Gasteiger partial charge in [-0.25, -0.2) is 0 Å². The highest BCUT2D eigenvalue weighted by atomic mass is 16.5. The lowest BCUT2D eigenvalue weighted by Gasteiger charge is -2.16. The van der Waals surface area contributed by atoms with Gasteiger partial charge in [-0.15, -0.1) is 0 Å². The van der Waals surface area contributed by atoms with Crippen LogP contribution in [0.1, 0.15) is 13.3 Å². The average Bonchev–Trinajstić information content (AvgIpc) is 2.73. The molecule has 4 heteroatoms. The maximum Gasteiger partial charge on any atom is 0.311 e. The number of carbonyl (C=O) groups is 2. The number of hydrogen-bond donors (Lipinski definition) is 0. The van der Waals surface area contributed by atoms with E-state index < -0.39 is 0 Å². The smallest absolute Gasteiger partial charge is 0.311 e. The van der Waals surface area contributed by atoms with Crippen LogP contribution in [0.4, 0.5) is 5.69 Å². The van der Waals surface area contributed by atoms with Crippen LogP contribution in [0.2, 0.25) is 0 Å². The van der Waals surface area contributed by atoms with E-state index in [1.165, 1.54) is 0 Å². The Balaban J connectivity index is 2.08. The van der Waals surface area contributed by atoms with Gasteiger partial charge in [0, 0.05) is 18.7 Å². The summed E-state index contributed by atoms with van der Waals surface area (Å²) >= 11 is 0. The highest BCUT2D eigenvalue weighted by molar-refractivity contribution is 5.99. The number of carbonyl (C=O) groups excluding carboxylic acids is 2. The molecule has 0 unspecified atom stereocenters. The van der Waals surface area contributed by atoms with Crippen molar-refractivity contribution in [2.45, 2.75) is 13.3 Å². The minimum absolute atomic E-state index is 0.0192. The van der Waals surface area contributed by atoms with E-state index in [1.54, 1.807) is 11.8 Å². The van der Waals surface area contributed by atoms with Gasteiger partial charge in [0.15, 0.2) is 0 Å². The predicted octanol–water partition coefficient (Wildman–Crippen LogP) is 1.60. The Hall–Kier alpha value is -1.84. The third-order valence-corrected chi connectivity index (χ3v) is 2.81. The van der Waals surface area contributed by atoms with Crippen LogP contribution < -0.4 is 4.90 Å². The molecule has 1 heterocycles. The topological polar surface area (TPSA) is 46.6 Å². The van der Waals surface area contributed by atoms with E-state index in [9.17, 15) is 9.59 Å². The third kappa shape index (κ3) is 2.46. The quantitative estimate of drug-likeness (QED) is 0.745. The molecule has 0 saturated carbocycles. The fourth-order valence-corrected chi connectivity index (χ4v) is 1.98. The molecule has 4 nitrogen and oxygen atoms in total. The first-order valence-corrected chi connectivity index (χ1v) is 5.74. The predicted molar refractivity (Wildman–Crippen MR) is 63.5 cm³/mol. The van der Waals surface area contributed by atoms with Gasteiger partial charge in [0.05, 0.1) is 12.5 Å². The maximum absolute atomic E-state index is 11.8. The van der Waals surface area contributed by atoms with E-state index in [0.29, 0.717) is 13.2 Å². The minimum atomic E-state index is -0.331. The first-order valence-electron chi connectivity index (χ1n) is 5.74.